The molecule has 2 aliphatic rings. The van der Waals surface area contributed by atoms with Crippen molar-refractivity contribution >= 4 is 21.7 Å². The minimum Gasteiger partial charge on any atom is -0.548 e. The molecule has 2 heterocycles. The molecule has 0 N–H and O–H groups in total. The Labute approximate surface area is 130 Å². The molecule has 2 fully saturated rings. The average Bonchev–Trinajstić information content (AvgIpc) is 2.41. The van der Waals surface area contributed by atoms with E-state index in [1.807, 2.05) is 0 Å². The maximum Gasteiger partial charge on any atom is 1.00 e. The number of carbonyl (C=O) groups excluding carboxylic acids is 2. The number of hydrogen-bond acceptors (Lipinski definition) is 6. The Kier molecular flexibility index (Phi) is 4.23. The fourth-order valence-corrected chi connectivity index (χ4v) is 4.72. The summed E-state index contributed by atoms with van der Waals surface area (Å²) in [4.78, 5) is 25.7. The molecule has 98 valence electrons. The number of carboxylic acid groups (broad SMARTS) is 1. The van der Waals surface area contributed by atoms with Crippen molar-refractivity contribution < 1.29 is 52.7 Å². The topological polar surface area (TPSA) is 143 Å². The van der Waals surface area contributed by atoms with Crippen molar-refractivity contribution in [1.29, 1.82) is 0 Å². The number of amides is 1. The van der Waals surface area contributed by atoms with Crippen LogP contribution in [0.15, 0.2) is 5.11 Å². The zero-order chi connectivity index (χ0) is 13.7. The number of sulfone groups is 1. The first-order valence-electron chi connectivity index (χ1n) is 5.03. The third-order valence-corrected chi connectivity index (χ3v) is 6.25. The molecule has 2 saturated heterocycles. The predicted octanol–water partition coefficient (Wildman–Crippen LogP) is -4.84. The average molecular weight is 296 g/mol. The maximum atomic E-state index is 12.2. The van der Waals surface area contributed by atoms with Crippen molar-refractivity contribution in [2.45, 2.75) is 29.5 Å². The molecule has 3 atom stereocenters. The van der Waals surface area contributed by atoms with Gasteiger partial charge in [0.15, 0.2) is 9.84 Å². The van der Waals surface area contributed by atoms with Gasteiger partial charge in [-0.2, -0.15) is 0 Å². The van der Waals surface area contributed by atoms with Gasteiger partial charge in [-0.15, -0.1) is 0 Å². The van der Waals surface area contributed by atoms with E-state index in [2.05, 4.69) is 10.0 Å². The maximum absolute atomic E-state index is 12.2. The molecular formula is C8H9N4NaO5S. The number of carboxylic acids is 1. The van der Waals surface area contributed by atoms with Crippen molar-refractivity contribution in [2.24, 2.45) is 5.11 Å². The Bertz CT molecular complexity index is 586. The molecule has 0 aromatic heterocycles. The molecule has 2 aliphatic heterocycles. The van der Waals surface area contributed by atoms with Gasteiger partial charge in [0.25, 0.3) is 0 Å². The largest absolute Gasteiger partial charge is 1.00 e. The quantitative estimate of drug-likeness (QED) is 0.169. The Morgan fingerprint density at radius 3 is 2.68 bits per heavy atom. The van der Waals surface area contributed by atoms with Gasteiger partial charge >= 0.3 is 29.6 Å². The van der Waals surface area contributed by atoms with Crippen LogP contribution in [0.2, 0.25) is 0 Å². The minimum atomic E-state index is -3.91. The Morgan fingerprint density at radius 1 is 1.68 bits per heavy atom. The van der Waals surface area contributed by atoms with Crippen LogP contribution >= 0.6 is 0 Å². The summed E-state index contributed by atoms with van der Waals surface area (Å²) in [6, 6.07) is -1.61. The summed E-state index contributed by atoms with van der Waals surface area (Å²) in [7, 11) is -3.91. The molecule has 11 heteroatoms. The van der Waals surface area contributed by atoms with Crippen molar-refractivity contribution in [3.8, 4) is 0 Å². The van der Waals surface area contributed by atoms with E-state index >= 15 is 0 Å². The molecule has 9 nitrogen and oxygen atoms in total. The van der Waals surface area contributed by atoms with Gasteiger partial charge < -0.3 is 14.8 Å². The number of rotatable bonds is 3. The molecule has 1 amide bonds. The first-order chi connectivity index (χ1) is 8.27. The Balaban J connectivity index is 0.00000180. The number of azide groups is 1. The van der Waals surface area contributed by atoms with Crippen LogP contribution in [-0.4, -0.2) is 47.9 Å². The smallest absolute Gasteiger partial charge is 0.548 e. The number of fused-ring (bicyclic) bond motifs is 1. The molecule has 2 rings (SSSR count). The number of β-lactam (4-membered cyclic amide) rings is 1. The van der Waals surface area contributed by atoms with Gasteiger partial charge in [-0.1, -0.05) is 5.11 Å². The summed E-state index contributed by atoms with van der Waals surface area (Å²) in [5.41, 5.74) is 8.26. The van der Waals surface area contributed by atoms with E-state index < -0.39 is 44.4 Å². The van der Waals surface area contributed by atoms with Crippen LogP contribution in [0.1, 0.15) is 13.3 Å². The molecule has 0 aromatic rings. The van der Waals surface area contributed by atoms with Crippen LogP contribution in [0.3, 0.4) is 0 Å². The van der Waals surface area contributed by atoms with Gasteiger partial charge in [0.1, 0.15) is 10.1 Å². The van der Waals surface area contributed by atoms with Crippen molar-refractivity contribution in [1.82, 2.24) is 4.90 Å². The number of carbonyl (C=O) groups is 2. The molecule has 0 bridgehead atoms. The SMILES string of the molecule is C[C@]1(CN=[N+]=[N-])[C@H](C(=O)[O-])N2C(=O)C[C@H]2S1(=O)=O.[Na+]. The number of nitrogens with zero attached hydrogens (tertiary/aromatic N) is 4. The molecule has 0 radical (unpaired) electrons. The van der Waals surface area contributed by atoms with Gasteiger partial charge in [0.05, 0.1) is 18.4 Å². The standard InChI is InChI=1S/C8H10N4O5S.Na/c1-8(3-10-11-9)6(7(14)15)12-4(13)2-5(12)18(8,16)17;/h5-6H,2-3H2,1H3,(H,14,15);/q;+1/p-1/t5-,6+,8+;/m1./s1. The molecule has 0 aromatic carbocycles. The summed E-state index contributed by atoms with van der Waals surface area (Å²) >= 11 is 0. The first-order valence-corrected chi connectivity index (χ1v) is 6.58. The van der Waals surface area contributed by atoms with Crippen LogP contribution in [0, 0.1) is 0 Å². The van der Waals surface area contributed by atoms with Gasteiger partial charge in [-0.3, -0.25) is 4.79 Å². The van der Waals surface area contributed by atoms with Gasteiger partial charge in [0, 0.05) is 11.5 Å². The zero-order valence-corrected chi connectivity index (χ0v) is 13.1. The summed E-state index contributed by atoms with van der Waals surface area (Å²) in [6.07, 6.45) is -0.238. The fraction of sp³-hybridized carbons (Fsp3) is 0.750. The van der Waals surface area contributed by atoms with E-state index in [0.29, 0.717) is 0 Å². The van der Waals surface area contributed by atoms with Crippen molar-refractivity contribution in [3.63, 3.8) is 0 Å². The third-order valence-electron chi connectivity index (χ3n) is 3.48. The van der Waals surface area contributed by atoms with E-state index in [1.54, 1.807) is 0 Å². The van der Waals surface area contributed by atoms with Gasteiger partial charge in [0.2, 0.25) is 5.91 Å². The van der Waals surface area contributed by atoms with E-state index in [0.717, 1.165) is 11.8 Å². The van der Waals surface area contributed by atoms with Gasteiger partial charge in [-0.05, 0) is 12.5 Å². The normalized spacial score (nSPS) is 34.6. The summed E-state index contributed by atoms with van der Waals surface area (Å²) in [6.45, 7) is 0.605. The monoisotopic (exact) mass is 296 g/mol. The molecule has 0 unspecified atom stereocenters. The van der Waals surface area contributed by atoms with Crippen LogP contribution < -0.4 is 34.7 Å². The van der Waals surface area contributed by atoms with E-state index in [4.69, 9.17) is 5.53 Å². The van der Waals surface area contributed by atoms with Crippen molar-refractivity contribution in [3.05, 3.63) is 10.4 Å². The van der Waals surface area contributed by atoms with Crippen molar-refractivity contribution in [2.75, 3.05) is 6.54 Å². The second-order valence-corrected chi connectivity index (χ2v) is 6.99. The fourth-order valence-electron chi connectivity index (χ4n) is 2.44. The number of hydrogen-bond donors (Lipinski definition) is 0. The van der Waals surface area contributed by atoms with Crippen LogP contribution in [0.4, 0.5) is 0 Å². The van der Waals surface area contributed by atoms with Crippen LogP contribution in [0.25, 0.3) is 10.4 Å². The van der Waals surface area contributed by atoms with Crippen LogP contribution in [0.5, 0.6) is 0 Å². The van der Waals surface area contributed by atoms with Gasteiger partial charge in [-0.25, -0.2) is 8.42 Å². The second kappa shape index (κ2) is 4.95. The van der Waals surface area contributed by atoms with E-state index in [1.165, 1.54) is 0 Å². The van der Waals surface area contributed by atoms with E-state index in [9.17, 15) is 23.1 Å². The van der Waals surface area contributed by atoms with E-state index in [-0.39, 0.29) is 36.0 Å². The molecule has 0 saturated carbocycles. The Morgan fingerprint density at radius 2 is 2.26 bits per heavy atom. The van der Waals surface area contributed by atoms with Crippen LogP contribution in [-0.2, 0) is 19.4 Å². The number of aliphatic carboxylic acids is 1. The second-order valence-electron chi connectivity index (χ2n) is 4.43. The predicted molar refractivity (Wildman–Crippen MR) is 55.4 cm³/mol. The molecule has 0 aliphatic carbocycles. The Hall–Kier alpha value is -0.800. The third kappa shape index (κ3) is 1.95. The molecular weight excluding hydrogens is 287 g/mol. The summed E-state index contributed by atoms with van der Waals surface area (Å²) in [5.74, 6) is -2.22. The summed E-state index contributed by atoms with van der Waals surface area (Å²) in [5, 5.41) is 13.1. The zero-order valence-electron chi connectivity index (χ0n) is 10.3. The minimum absolute atomic E-state index is 0. The summed E-state index contributed by atoms with van der Waals surface area (Å²) < 4.78 is 22.5. The first kappa shape index (κ1) is 16.3. The molecule has 19 heavy (non-hydrogen) atoms. The molecule has 0 spiro atoms.